The zero-order valence-electron chi connectivity index (χ0n) is 9.22. The minimum Gasteiger partial charge on any atom is -0.465 e. The predicted octanol–water partition coefficient (Wildman–Crippen LogP) is 2.80. The van der Waals surface area contributed by atoms with Crippen molar-refractivity contribution < 1.29 is 27.6 Å². The molecule has 1 rings (SSSR count). The smallest absolute Gasteiger partial charge is 0.423 e. The second-order valence-electron chi connectivity index (χ2n) is 3.22. The SMILES string of the molecule is COC(=O)c1cc([N+](=O)[O-])c(C(F)(F)F)cc1N=O. The molecule has 1 aromatic rings. The Hall–Kier alpha value is -2.52. The third-order valence-corrected chi connectivity index (χ3v) is 2.12. The second-order valence-corrected chi connectivity index (χ2v) is 3.22. The van der Waals surface area contributed by atoms with Gasteiger partial charge in [0.2, 0.25) is 0 Å². The van der Waals surface area contributed by atoms with Crippen LogP contribution in [0, 0.1) is 15.0 Å². The van der Waals surface area contributed by atoms with E-state index in [0.717, 1.165) is 7.11 Å². The summed E-state index contributed by atoms with van der Waals surface area (Å²) >= 11 is 0. The fraction of sp³-hybridized carbons (Fsp3) is 0.222. The number of hydrogen-bond donors (Lipinski definition) is 0. The summed E-state index contributed by atoms with van der Waals surface area (Å²) in [6, 6.07) is 0.447. The van der Waals surface area contributed by atoms with Gasteiger partial charge in [-0.05, 0) is 11.2 Å². The molecule has 0 unspecified atom stereocenters. The molecule has 10 heteroatoms. The van der Waals surface area contributed by atoms with Gasteiger partial charge in [0.1, 0.15) is 11.3 Å². The molecule has 0 amide bonds. The number of carbonyl (C=O) groups excluding carboxylic acids is 1. The summed E-state index contributed by atoms with van der Waals surface area (Å²) in [7, 11) is 0.903. The number of nitro groups is 1. The number of rotatable bonds is 3. The normalized spacial score (nSPS) is 10.9. The van der Waals surface area contributed by atoms with Crippen LogP contribution in [0.3, 0.4) is 0 Å². The molecule has 0 aliphatic heterocycles. The molecule has 7 nitrogen and oxygen atoms in total. The van der Waals surface area contributed by atoms with Gasteiger partial charge in [-0.15, -0.1) is 4.91 Å². The van der Waals surface area contributed by atoms with E-state index in [9.17, 15) is 33.0 Å². The van der Waals surface area contributed by atoms with Crippen molar-refractivity contribution in [1.29, 1.82) is 0 Å². The molecule has 0 aliphatic carbocycles. The summed E-state index contributed by atoms with van der Waals surface area (Å²) in [6.07, 6.45) is -5.06. The van der Waals surface area contributed by atoms with Gasteiger partial charge in [-0.2, -0.15) is 13.2 Å². The number of alkyl halides is 3. The van der Waals surface area contributed by atoms with Crippen LogP contribution < -0.4 is 0 Å². The third kappa shape index (κ3) is 2.84. The zero-order chi connectivity index (χ0) is 14.8. The Balaban J connectivity index is 3.65. The highest BCUT2D eigenvalue weighted by Crippen LogP contribution is 2.40. The average Bonchev–Trinajstić information content (AvgIpc) is 2.34. The maximum absolute atomic E-state index is 12.6. The predicted molar refractivity (Wildman–Crippen MR) is 54.9 cm³/mol. The third-order valence-electron chi connectivity index (χ3n) is 2.12. The van der Waals surface area contributed by atoms with Crippen molar-refractivity contribution in [3.8, 4) is 0 Å². The Kier molecular flexibility index (Phi) is 3.83. The van der Waals surface area contributed by atoms with Crippen LogP contribution in [0.15, 0.2) is 17.3 Å². The first-order valence-corrected chi connectivity index (χ1v) is 4.53. The lowest BCUT2D eigenvalue weighted by molar-refractivity contribution is -0.388. The second kappa shape index (κ2) is 5.00. The molecule has 0 aromatic heterocycles. The van der Waals surface area contributed by atoms with Crippen LogP contribution in [0.1, 0.15) is 15.9 Å². The van der Waals surface area contributed by atoms with Crippen LogP contribution in [0.25, 0.3) is 0 Å². The Bertz CT molecular complexity index is 556. The molecule has 0 saturated carbocycles. The van der Waals surface area contributed by atoms with Crippen molar-refractivity contribution in [2.24, 2.45) is 5.18 Å². The Morgan fingerprint density at radius 1 is 1.42 bits per heavy atom. The van der Waals surface area contributed by atoms with Crippen molar-refractivity contribution in [3.63, 3.8) is 0 Å². The number of halogens is 3. The van der Waals surface area contributed by atoms with E-state index in [0.29, 0.717) is 6.07 Å². The maximum Gasteiger partial charge on any atom is 0.423 e. The van der Waals surface area contributed by atoms with Crippen molar-refractivity contribution in [2.75, 3.05) is 7.11 Å². The lowest BCUT2D eigenvalue weighted by Gasteiger charge is -2.09. The summed E-state index contributed by atoms with van der Waals surface area (Å²) in [5.74, 6) is -1.20. The highest BCUT2D eigenvalue weighted by molar-refractivity contribution is 5.96. The van der Waals surface area contributed by atoms with Crippen LogP contribution in [0.5, 0.6) is 0 Å². The summed E-state index contributed by atoms with van der Waals surface area (Å²) < 4.78 is 41.9. The molecule has 1 aromatic carbocycles. The Morgan fingerprint density at radius 3 is 2.37 bits per heavy atom. The number of nitro benzene ring substituents is 1. The van der Waals surface area contributed by atoms with Gasteiger partial charge < -0.3 is 4.74 Å². The minimum absolute atomic E-state index is 0.136. The van der Waals surface area contributed by atoms with E-state index < -0.39 is 39.6 Å². The maximum atomic E-state index is 12.6. The minimum atomic E-state index is -5.06. The molecule has 0 N–H and O–H groups in total. The highest BCUT2D eigenvalue weighted by Gasteiger charge is 2.40. The lowest BCUT2D eigenvalue weighted by atomic mass is 10.1. The number of hydrogen-bond acceptors (Lipinski definition) is 6. The first-order chi connectivity index (χ1) is 8.72. The van der Waals surface area contributed by atoms with E-state index in [1.165, 1.54) is 0 Å². The van der Waals surface area contributed by atoms with Crippen LogP contribution in [-0.4, -0.2) is 18.0 Å². The van der Waals surface area contributed by atoms with E-state index in [2.05, 4.69) is 9.91 Å². The highest BCUT2D eigenvalue weighted by atomic mass is 19.4. The Labute approximate surface area is 103 Å². The first-order valence-electron chi connectivity index (χ1n) is 4.53. The molecule has 0 spiro atoms. The molecule has 0 atom stereocenters. The number of nitrogens with zero attached hydrogens (tertiary/aromatic N) is 2. The number of ether oxygens (including phenoxy) is 1. The van der Waals surface area contributed by atoms with E-state index in [4.69, 9.17) is 0 Å². The molecule has 102 valence electrons. The van der Waals surface area contributed by atoms with Gasteiger partial charge in [-0.1, -0.05) is 0 Å². The number of methoxy groups -OCH3 is 1. The monoisotopic (exact) mass is 278 g/mol. The van der Waals surface area contributed by atoms with Gasteiger partial charge in [-0.25, -0.2) is 4.79 Å². The van der Waals surface area contributed by atoms with Gasteiger partial charge in [-0.3, -0.25) is 10.1 Å². The van der Waals surface area contributed by atoms with E-state index >= 15 is 0 Å². The van der Waals surface area contributed by atoms with Gasteiger partial charge in [0.05, 0.1) is 17.6 Å². The molecule has 0 bridgehead atoms. The van der Waals surface area contributed by atoms with Gasteiger partial charge >= 0.3 is 12.1 Å². The number of carbonyl (C=O) groups is 1. The Morgan fingerprint density at radius 2 is 2.00 bits per heavy atom. The van der Waals surface area contributed by atoms with E-state index in [1.54, 1.807) is 0 Å². The summed E-state index contributed by atoms with van der Waals surface area (Å²) in [4.78, 5) is 30.9. The standard InChI is InChI=1S/C9H5F3N2O5/c1-19-8(15)4-2-7(14(17)18)5(9(10,11)12)3-6(4)13-16/h2-3H,1H3. The average molecular weight is 278 g/mol. The number of nitroso groups, excluding NO2 is 1. The first kappa shape index (κ1) is 14.5. The lowest BCUT2D eigenvalue weighted by Crippen LogP contribution is -2.11. The summed E-state index contributed by atoms with van der Waals surface area (Å²) in [5, 5.41) is 12.8. The molecule has 0 fully saturated rings. The van der Waals surface area contributed by atoms with Crippen LogP contribution in [0.4, 0.5) is 24.5 Å². The number of benzene rings is 1. The molecule has 0 radical (unpaired) electrons. The fourth-order valence-corrected chi connectivity index (χ4v) is 1.30. The molecular weight excluding hydrogens is 273 g/mol. The molecule has 19 heavy (non-hydrogen) atoms. The molecule has 0 heterocycles. The van der Waals surface area contributed by atoms with Gasteiger partial charge in [0.25, 0.3) is 5.69 Å². The van der Waals surface area contributed by atoms with Crippen LogP contribution in [-0.2, 0) is 10.9 Å². The quantitative estimate of drug-likeness (QED) is 0.366. The van der Waals surface area contributed by atoms with Gasteiger partial charge in [0, 0.05) is 6.07 Å². The van der Waals surface area contributed by atoms with Crippen molar-refractivity contribution in [2.45, 2.75) is 6.18 Å². The van der Waals surface area contributed by atoms with Crippen LogP contribution in [0.2, 0.25) is 0 Å². The largest absolute Gasteiger partial charge is 0.465 e. The zero-order valence-corrected chi connectivity index (χ0v) is 9.22. The van der Waals surface area contributed by atoms with E-state index in [1.807, 2.05) is 0 Å². The summed E-state index contributed by atoms with van der Waals surface area (Å²) in [6.45, 7) is 0. The van der Waals surface area contributed by atoms with Crippen LogP contribution >= 0.6 is 0 Å². The summed E-state index contributed by atoms with van der Waals surface area (Å²) in [5.41, 5.74) is -4.62. The molecule has 0 aliphatic rings. The van der Waals surface area contributed by atoms with E-state index in [-0.39, 0.29) is 6.07 Å². The topological polar surface area (TPSA) is 98.9 Å². The number of esters is 1. The molecule has 0 saturated heterocycles. The van der Waals surface area contributed by atoms with Crippen molar-refractivity contribution >= 4 is 17.3 Å². The fourth-order valence-electron chi connectivity index (χ4n) is 1.30. The molecular formula is C9H5F3N2O5. The van der Waals surface area contributed by atoms with Crippen molar-refractivity contribution in [3.05, 3.63) is 38.3 Å². The van der Waals surface area contributed by atoms with Crippen molar-refractivity contribution in [1.82, 2.24) is 0 Å². The van der Waals surface area contributed by atoms with Gasteiger partial charge in [0.15, 0.2) is 0 Å².